The van der Waals surface area contributed by atoms with E-state index >= 15 is 0 Å². The largest absolute Gasteiger partial charge is 0.754 e. The van der Waals surface area contributed by atoms with Crippen LogP contribution in [0.4, 0.5) is 11.8 Å². The highest BCUT2D eigenvalue weighted by molar-refractivity contribution is 5.29. The molecule has 0 fully saturated rings. The molecule has 1 aromatic rings. The van der Waals surface area contributed by atoms with E-state index in [9.17, 15) is 5.21 Å². The topological polar surface area (TPSA) is 77.9 Å². The Labute approximate surface area is 103 Å². The molecule has 0 aliphatic heterocycles. The molecule has 0 saturated heterocycles. The zero-order valence-electron chi connectivity index (χ0n) is 10.5. The lowest BCUT2D eigenvalue weighted by molar-refractivity contribution is -0.577. The van der Waals surface area contributed by atoms with E-state index in [1.54, 1.807) is 6.07 Å². The summed E-state index contributed by atoms with van der Waals surface area (Å²) in [5, 5.41) is 14.5. The number of rotatable bonds is 8. The highest BCUT2D eigenvalue weighted by Crippen LogP contribution is 2.06. The fourth-order valence-electron chi connectivity index (χ4n) is 1.68. The molecule has 3 N–H and O–H groups in total. The molecule has 0 radical (unpaired) electrons. The van der Waals surface area contributed by atoms with Crippen LogP contribution < -0.4 is 15.8 Å². The maximum Gasteiger partial charge on any atom is 0.343 e. The maximum atomic E-state index is 11.4. The smallest absolute Gasteiger partial charge is 0.343 e. The van der Waals surface area contributed by atoms with Crippen LogP contribution in [0.5, 0.6) is 0 Å². The predicted octanol–water partition coefficient (Wildman–Crippen LogP) is 2.07. The minimum atomic E-state index is -0.0158. The second kappa shape index (κ2) is 7.70. The minimum absolute atomic E-state index is 0.0158. The fraction of sp³-hybridized carbons (Fsp3) is 0.667. The summed E-state index contributed by atoms with van der Waals surface area (Å²) in [5.41, 5.74) is 5.41. The summed E-state index contributed by atoms with van der Waals surface area (Å²) in [6, 6.07) is 1.64. The number of anilines is 2. The summed E-state index contributed by atoms with van der Waals surface area (Å²) in [5.74, 6) is 0.462. The Morgan fingerprint density at radius 1 is 1.29 bits per heavy atom. The summed E-state index contributed by atoms with van der Waals surface area (Å²) in [6.07, 6.45) is 8.97. The molecule has 0 amide bonds. The van der Waals surface area contributed by atoms with Crippen molar-refractivity contribution < 1.29 is 4.73 Å². The van der Waals surface area contributed by atoms with E-state index in [1.165, 1.54) is 38.3 Å². The summed E-state index contributed by atoms with van der Waals surface area (Å²) in [7, 11) is 0. The quantitative estimate of drug-likeness (QED) is 0.413. The second-order valence-electron chi connectivity index (χ2n) is 4.18. The second-order valence-corrected chi connectivity index (χ2v) is 4.18. The predicted molar refractivity (Wildman–Crippen MR) is 69.5 cm³/mol. The van der Waals surface area contributed by atoms with Gasteiger partial charge < -0.3 is 16.3 Å². The number of nitrogens with one attached hydrogen (secondary N) is 1. The highest BCUT2D eigenvalue weighted by Gasteiger charge is 2.03. The Balaban J connectivity index is 2.16. The van der Waals surface area contributed by atoms with Gasteiger partial charge in [0.25, 0.3) is 0 Å². The Morgan fingerprint density at radius 3 is 2.76 bits per heavy atom. The van der Waals surface area contributed by atoms with E-state index in [1.807, 2.05) is 0 Å². The van der Waals surface area contributed by atoms with Crippen molar-refractivity contribution >= 4 is 11.8 Å². The molecule has 1 aromatic heterocycles. The molecule has 0 aromatic carbocycles. The lowest BCUT2D eigenvalue weighted by Gasteiger charge is -2.12. The maximum absolute atomic E-state index is 11.4. The zero-order chi connectivity index (χ0) is 12.5. The van der Waals surface area contributed by atoms with Gasteiger partial charge in [-0.3, -0.25) is 0 Å². The van der Waals surface area contributed by atoms with Crippen molar-refractivity contribution in [1.82, 2.24) is 4.98 Å². The molecular weight excluding hydrogens is 216 g/mol. The summed E-state index contributed by atoms with van der Waals surface area (Å²) in [4.78, 5) is 3.71. The molecule has 5 heteroatoms. The standard InChI is InChI=1S/C12H22N4O/c1-2-3-4-5-6-7-9-14-11-8-10-15-12(13)16(11)17/h8,10,14H,2-7,9H2,1H3,(H2,13,15). The molecule has 0 bridgehead atoms. The lowest BCUT2D eigenvalue weighted by Crippen LogP contribution is -2.35. The number of nitrogens with two attached hydrogens (primary N) is 1. The summed E-state index contributed by atoms with van der Waals surface area (Å²) >= 11 is 0. The molecular formula is C12H22N4O. The average Bonchev–Trinajstić information content (AvgIpc) is 2.33. The normalized spacial score (nSPS) is 10.4. The first-order chi connectivity index (χ1) is 8.25. The van der Waals surface area contributed by atoms with Crippen molar-refractivity contribution in [2.24, 2.45) is 0 Å². The Kier molecular flexibility index (Phi) is 6.14. The molecule has 1 rings (SSSR count). The molecule has 1 heterocycles. The summed E-state index contributed by atoms with van der Waals surface area (Å²) < 4.78 is 0.622. The van der Waals surface area contributed by atoms with Crippen LogP contribution in [0.2, 0.25) is 0 Å². The van der Waals surface area contributed by atoms with Crippen LogP contribution in [0.3, 0.4) is 0 Å². The van der Waals surface area contributed by atoms with Gasteiger partial charge in [0.1, 0.15) is 0 Å². The Morgan fingerprint density at radius 2 is 2.00 bits per heavy atom. The average molecular weight is 238 g/mol. The van der Waals surface area contributed by atoms with Gasteiger partial charge in [0.2, 0.25) is 0 Å². The van der Waals surface area contributed by atoms with Gasteiger partial charge in [-0.15, -0.1) is 4.98 Å². The number of unbranched alkanes of at least 4 members (excludes halogenated alkanes) is 5. The van der Waals surface area contributed by atoms with Gasteiger partial charge in [-0.1, -0.05) is 39.0 Å². The van der Waals surface area contributed by atoms with Crippen molar-refractivity contribution in [3.05, 3.63) is 17.5 Å². The van der Waals surface area contributed by atoms with Crippen molar-refractivity contribution in [3.8, 4) is 0 Å². The third-order valence-corrected chi connectivity index (χ3v) is 2.70. The van der Waals surface area contributed by atoms with Crippen molar-refractivity contribution in [3.63, 3.8) is 0 Å². The molecule has 17 heavy (non-hydrogen) atoms. The lowest BCUT2D eigenvalue weighted by atomic mass is 10.1. The van der Waals surface area contributed by atoms with Gasteiger partial charge in [-0.2, -0.15) is 0 Å². The molecule has 0 saturated carbocycles. The number of hydrogen-bond acceptors (Lipinski definition) is 4. The molecule has 0 atom stereocenters. The third-order valence-electron chi connectivity index (χ3n) is 2.70. The van der Waals surface area contributed by atoms with Crippen LogP contribution in [0.15, 0.2) is 12.3 Å². The first kappa shape index (κ1) is 13.5. The molecule has 0 aliphatic carbocycles. The van der Waals surface area contributed by atoms with Gasteiger partial charge in [-0.25, -0.2) is 4.73 Å². The SMILES string of the molecule is CCCCCCCCNc1ccnc(N)[n+]1[O-]. The molecule has 0 unspecified atom stereocenters. The van der Waals surface area contributed by atoms with E-state index in [4.69, 9.17) is 5.73 Å². The first-order valence-corrected chi connectivity index (χ1v) is 6.33. The van der Waals surface area contributed by atoms with Crippen LogP contribution >= 0.6 is 0 Å². The monoisotopic (exact) mass is 238 g/mol. The van der Waals surface area contributed by atoms with E-state index in [0.29, 0.717) is 10.5 Å². The van der Waals surface area contributed by atoms with Gasteiger partial charge in [0.15, 0.2) is 5.82 Å². The Bertz CT molecular complexity index is 330. The molecule has 5 nitrogen and oxygen atoms in total. The Hall–Kier alpha value is -1.52. The van der Waals surface area contributed by atoms with Gasteiger partial charge in [0, 0.05) is 12.6 Å². The molecule has 0 aliphatic rings. The highest BCUT2D eigenvalue weighted by atomic mass is 16.5. The van der Waals surface area contributed by atoms with Gasteiger partial charge >= 0.3 is 5.95 Å². The van der Waals surface area contributed by atoms with E-state index in [0.717, 1.165) is 13.0 Å². The number of aromatic nitrogens is 2. The molecule has 96 valence electrons. The number of nitrogen functional groups attached to an aromatic ring is 1. The van der Waals surface area contributed by atoms with E-state index in [-0.39, 0.29) is 5.95 Å². The fourth-order valence-corrected chi connectivity index (χ4v) is 1.68. The number of nitrogens with zero attached hydrogens (tertiary/aromatic N) is 2. The van der Waals surface area contributed by atoms with Crippen molar-refractivity contribution in [2.75, 3.05) is 17.6 Å². The minimum Gasteiger partial charge on any atom is -0.754 e. The van der Waals surface area contributed by atoms with Gasteiger partial charge in [-0.05, 0) is 6.42 Å². The van der Waals surface area contributed by atoms with Crippen molar-refractivity contribution in [1.29, 1.82) is 0 Å². The van der Waals surface area contributed by atoms with Crippen LogP contribution in [0.25, 0.3) is 0 Å². The van der Waals surface area contributed by atoms with E-state index in [2.05, 4.69) is 17.2 Å². The van der Waals surface area contributed by atoms with Gasteiger partial charge in [0.05, 0.1) is 6.20 Å². The van der Waals surface area contributed by atoms with Crippen molar-refractivity contribution in [2.45, 2.75) is 45.4 Å². The first-order valence-electron chi connectivity index (χ1n) is 6.33. The molecule has 0 spiro atoms. The van der Waals surface area contributed by atoms with Crippen LogP contribution in [-0.4, -0.2) is 11.5 Å². The van der Waals surface area contributed by atoms with Crippen LogP contribution in [0, 0.1) is 5.21 Å². The number of hydrogen-bond donors (Lipinski definition) is 2. The zero-order valence-corrected chi connectivity index (χ0v) is 10.5. The third kappa shape index (κ3) is 4.89. The van der Waals surface area contributed by atoms with Crippen LogP contribution in [-0.2, 0) is 0 Å². The van der Waals surface area contributed by atoms with E-state index < -0.39 is 0 Å². The van der Waals surface area contributed by atoms with Crippen LogP contribution in [0.1, 0.15) is 45.4 Å². The summed E-state index contributed by atoms with van der Waals surface area (Å²) in [6.45, 7) is 3.01.